The van der Waals surface area contributed by atoms with Crippen LogP contribution in [0.5, 0.6) is 0 Å². The molecule has 0 saturated heterocycles. The van der Waals surface area contributed by atoms with Crippen molar-refractivity contribution in [3.05, 3.63) is 72.0 Å². The lowest BCUT2D eigenvalue weighted by Gasteiger charge is -2.16. The second kappa shape index (κ2) is 7.19. The lowest BCUT2D eigenvalue weighted by molar-refractivity contribution is 0.539. The minimum atomic E-state index is 0.0212. The summed E-state index contributed by atoms with van der Waals surface area (Å²) in [5, 5.41) is 11.6. The van der Waals surface area contributed by atoms with Gasteiger partial charge in [-0.3, -0.25) is 9.78 Å². The molecular weight excluding hydrogens is 338 g/mol. The number of aromatic amines is 1. The van der Waals surface area contributed by atoms with E-state index in [9.17, 15) is 0 Å². The highest BCUT2D eigenvalue weighted by Crippen LogP contribution is 2.27. The maximum atomic E-state index is 4.73. The fraction of sp³-hybridized carbons (Fsp3) is 0.300. The van der Waals surface area contributed by atoms with Crippen molar-refractivity contribution in [2.24, 2.45) is 0 Å². The summed E-state index contributed by atoms with van der Waals surface area (Å²) in [6.07, 6.45) is 4.26. The molecule has 138 valence electrons. The predicted octanol–water partition coefficient (Wildman–Crippen LogP) is 3.33. The van der Waals surface area contributed by atoms with E-state index in [2.05, 4.69) is 61.6 Å². The van der Waals surface area contributed by atoms with Gasteiger partial charge in [-0.05, 0) is 26.8 Å². The molecule has 0 fully saturated rings. The Morgan fingerprint density at radius 2 is 1.93 bits per heavy atom. The first-order chi connectivity index (χ1) is 13.1. The monoisotopic (exact) mass is 361 g/mol. The summed E-state index contributed by atoms with van der Waals surface area (Å²) in [5.74, 6) is 0.819. The summed E-state index contributed by atoms with van der Waals surface area (Å²) < 4.78 is 4.23. The van der Waals surface area contributed by atoms with Gasteiger partial charge in [0.25, 0.3) is 0 Å². The highest BCUT2D eigenvalue weighted by atomic mass is 15.3. The molecule has 7 heteroatoms. The molecule has 4 aromatic rings. The molecule has 7 nitrogen and oxygen atoms in total. The average molecular weight is 361 g/mol. The van der Waals surface area contributed by atoms with Crippen molar-refractivity contribution in [3.8, 4) is 11.3 Å². The Hall–Kier alpha value is -3.22. The van der Waals surface area contributed by atoms with E-state index in [1.807, 2.05) is 31.5 Å². The summed E-state index contributed by atoms with van der Waals surface area (Å²) in [6.45, 7) is 7.01. The highest BCUT2D eigenvalue weighted by molar-refractivity contribution is 5.62. The zero-order chi connectivity index (χ0) is 18.8. The molecule has 0 bridgehead atoms. The molecule has 0 aliphatic carbocycles. The van der Waals surface area contributed by atoms with E-state index in [1.165, 1.54) is 12.0 Å². The van der Waals surface area contributed by atoms with E-state index in [-0.39, 0.29) is 6.04 Å². The van der Waals surface area contributed by atoms with Crippen LogP contribution in [0.3, 0.4) is 0 Å². The molecule has 0 unspecified atom stereocenters. The van der Waals surface area contributed by atoms with E-state index >= 15 is 0 Å². The van der Waals surface area contributed by atoms with Gasteiger partial charge in [0.15, 0.2) is 0 Å². The lowest BCUT2D eigenvalue weighted by atomic mass is 10.1. The molecule has 1 N–H and O–H groups in total. The van der Waals surface area contributed by atoms with Crippen LogP contribution in [0.15, 0.2) is 49.1 Å². The first-order valence-corrected chi connectivity index (χ1v) is 9.11. The van der Waals surface area contributed by atoms with Gasteiger partial charge < -0.3 is 4.57 Å². The zero-order valence-electron chi connectivity index (χ0n) is 15.8. The quantitative estimate of drug-likeness (QED) is 0.571. The molecule has 0 saturated carbocycles. The molecule has 0 spiro atoms. The molecule has 4 rings (SSSR count). The van der Waals surface area contributed by atoms with Crippen molar-refractivity contribution in [2.75, 3.05) is 0 Å². The van der Waals surface area contributed by atoms with Crippen LogP contribution in [0.25, 0.3) is 11.3 Å². The summed E-state index contributed by atoms with van der Waals surface area (Å²) in [4.78, 5) is 9.05. The third-order valence-corrected chi connectivity index (χ3v) is 4.85. The fourth-order valence-corrected chi connectivity index (χ4v) is 3.47. The van der Waals surface area contributed by atoms with Gasteiger partial charge in [0.05, 0.1) is 23.8 Å². The molecule has 3 heterocycles. The van der Waals surface area contributed by atoms with E-state index < -0.39 is 0 Å². The van der Waals surface area contributed by atoms with Crippen LogP contribution in [-0.2, 0) is 13.0 Å². The summed E-state index contributed by atoms with van der Waals surface area (Å²) in [6, 6.07) is 12.4. The predicted molar refractivity (Wildman–Crippen MR) is 103 cm³/mol. The lowest BCUT2D eigenvalue weighted by Crippen LogP contribution is -2.14. The van der Waals surface area contributed by atoms with Crippen LogP contribution in [0.2, 0.25) is 0 Å². The van der Waals surface area contributed by atoms with Crippen LogP contribution >= 0.6 is 0 Å². The Kier molecular flexibility index (Phi) is 4.58. The van der Waals surface area contributed by atoms with Crippen molar-refractivity contribution < 1.29 is 0 Å². The number of nitrogens with one attached hydrogen (secondary N) is 1. The summed E-state index contributed by atoms with van der Waals surface area (Å²) >= 11 is 0. The molecule has 27 heavy (non-hydrogen) atoms. The van der Waals surface area contributed by atoms with Crippen LogP contribution in [-0.4, -0.2) is 34.5 Å². The number of nitrogens with zero attached hydrogens (tertiary/aromatic N) is 6. The van der Waals surface area contributed by atoms with Crippen LogP contribution in [0, 0.1) is 13.8 Å². The van der Waals surface area contributed by atoms with Crippen LogP contribution < -0.4 is 0 Å². The molecule has 3 aromatic heterocycles. The van der Waals surface area contributed by atoms with Crippen molar-refractivity contribution in [1.82, 2.24) is 34.5 Å². The number of aryl methyl sites for hydroxylation is 3. The number of hydrogen-bond donors (Lipinski definition) is 1. The number of H-pyrrole nitrogens is 1. The van der Waals surface area contributed by atoms with Gasteiger partial charge in [0.1, 0.15) is 12.2 Å². The van der Waals surface area contributed by atoms with Gasteiger partial charge in [-0.2, -0.15) is 10.2 Å². The summed E-state index contributed by atoms with van der Waals surface area (Å²) in [5.41, 5.74) is 5.49. The largest absolute Gasteiger partial charge is 0.323 e. The van der Waals surface area contributed by atoms with Gasteiger partial charge >= 0.3 is 0 Å². The molecule has 1 aromatic carbocycles. The average Bonchev–Trinajstić information content (AvgIpc) is 3.40. The fourth-order valence-electron chi connectivity index (χ4n) is 3.47. The molecule has 0 aliphatic rings. The third kappa shape index (κ3) is 3.40. The third-order valence-electron chi connectivity index (χ3n) is 4.85. The number of imidazole rings is 1. The van der Waals surface area contributed by atoms with Gasteiger partial charge in [0.2, 0.25) is 0 Å². The first kappa shape index (κ1) is 17.2. The Morgan fingerprint density at radius 3 is 2.59 bits per heavy atom. The normalized spacial score (nSPS) is 12.4. The smallest absolute Gasteiger partial charge is 0.147 e. The van der Waals surface area contributed by atoms with Gasteiger partial charge in [-0.1, -0.05) is 30.3 Å². The maximum absolute atomic E-state index is 4.73. The van der Waals surface area contributed by atoms with Crippen LogP contribution in [0.4, 0.5) is 0 Å². The standard InChI is InChI=1S/C20H23N7/c1-14-11-15(2)27(25-14)10-9-18-19(17-7-5-4-6-8-17)22-13-26(18)16(3)20-21-12-23-24-20/h4-8,11-13,16H,9-10H2,1-3H3,(H,21,23,24)/t16-/m0/s1. The van der Waals surface area contributed by atoms with Crippen molar-refractivity contribution >= 4 is 0 Å². The number of benzene rings is 1. The summed E-state index contributed by atoms with van der Waals surface area (Å²) in [7, 11) is 0. The van der Waals surface area contributed by atoms with Gasteiger partial charge in [-0.25, -0.2) is 9.97 Å². The second-order valence-electron chi connectivity index (χ2n) is 6.76. The Bertz CT molecular complexity index is 1010. The van der Waals surface area contributed by atoms with Crippen molar-refractivity contribution in [2.45, 2.75) is 39.8 Å². The molecule has 1 atom stereocenters. The number of hydrogen-bond acceptors (Lipinski definition) is 4. The Morgan fingerprint density at radius 1 is 1.11 bits per heavy atom. The zero-order valence-corrected chi connectivity index (χ0v) is 15.8. The van der Waals surface area contributed by atoms with E-state index in [1.54, 1.807) is 0 Å². The minimum absolute atomic E-state index is 0.0212. The second-order valence-corrected chi connectivity index (χ2v) is 6.76. The highest BCUT2D eigenvalue weighted by Gasteiger charge is 2.19. The van der Waals surface area contributed by atoms with E-state index in [4.69, 9.17) is 4.98 Å². The van der Waals surface area contributed by atoms with Gasteiger partial charge in [-0.15, -0.1) is 0 Å². The van der Waals surface area contributed by atoms with Crippen molar-refractivity contribution in [3.63, 3.8) is 0 Å². The Balaban J connectivity index is 1.71. The topological polar surface area (TPSA) is 77.2 Å². The van der Waals surface area contributed by atoms with E-state index in [0.29, 0.717) is 0 Å². The van der Waals surface area contributed by atoms with E-state index in [0.717, 1.165) is 41.4 Å². The molecule has 0 amide bonds. The number of rotatable bonds is 6. The molecule has 0 radical (unpaired) electrons. The SMILES string of the molecule is Cc1cc(C)n(CCc2c(-c3ccccc3)ncn2[C@@H](C)c2ncn[nH]2)n1. The molecular formula is C20H23N7. The van der Waals surface area contributed by atoms with Crippen molar-refractivity contribution in [1.29, 1.82) is 0 Å². The first-order valence-electron chi connectivity index (χ1n) is 9.11. The van der Waals surface area contributed by atoms with Crippen LogP contribution in [0.1, 0.15) is 35.9 Å². The number of aromatic nitrogens is 7. The Labute approximate surface area is 158 Å². The van der Waals surface area contributed by atoms with Gasteiger partial charge in [0, 0.05) is 29.9 Å². The maximum Gasteiger partial charge on any atom is 0.147 e. The minimum Gasteiger partial charge on any atom is -0.323 e. The molecule has 0 aliphatic heterocycles.